The first kappa shape index (κ1) is 18.1. The molecule has 2 aromatic carbocycles. The lowest BCUT2D eigenvalue weighted by Crippen LogP contribution is -2.29. The van der Waals surface area contributed by atoms with Crippen LogP contribution in [0.5, 0.6) is 0 Å². The maximum Gasteiger partial charge on any atom is 0.288 e. The van der Waals surface area contributed by atoms with E-state index in [0.29, 0.717) is 43.5 Å². The van der Waals surface area contributed by atoms with Gasteiger partial charge in [0.2, 0.25) is 5.95 Å². The van der Waals surface area contributed by atoms with E-state index < -0.39 is 11.6 Å². The Balaban J connectivity index is 1.83. The molecule has 2 aromatic heterocycles. The van der Waals surface area contributed by atoms with Crippen LogP contribution < -0.4 is 10.9 Å². The number of rotatable bonds is 2. The Morgan fingerprint density at radius 2 is 1.76 bits per heavy atom. The van der Waals surface area contributed by atoms with Crippen molar-refractivity contribution in [3.8, 4) is 11.3 Å². The van der Waals surface area contributed by atoms with Crippen molar-refractivity contribution in [3.05, 3.63) is 79.0 Å². The highest BCUT2D eigenvalue weighted by atomic mass is 35.5. The standard InChI is InChI=1S/C18H10Cl3N7O/c19-9-3-1-8(2-4-9)16-13-14(11-6-5-10(20)7-12(11)21)23-24-17(29)15(13)22-18-25-26-27-28(16)18/h1-7,16H,(H,24,29)(H,22,25,27)/t16-/m0/s1. The quantitative estimate of drug-likeness (QED) is 0.424. The van der Waals surface area contributed by atoms with Gasteiger partial charge in [-0.15, -0.1) is 0 Å². The zero-order chi connectivity index (χ0) is 20.1. The maximum atomic E-state index is 12.6. The van der Waals surface area contributed by atoms with E-state index in [0.717, 1.165) is 5.56 Å². The van der Waals surface area contributed by atoms with Crippen molar-refractivity contribution in [1.29, 1.82) is 0 Å². The molecule has 1 atom stereocenters. The number of nitrogens with one attached hydrogen (secondary N) is 2. The second kappa shape index (κ2) is 6.84. The van der Waals surface area contributed by atoms with E-state index in [1.54, 1.807) is 35.0 Å². The van der Waals surface area contributed by atoms with Gasteiger partial charge in [0.15, 0.2) is 0 Å². The zero-order valence-corrected chi connectivity index (χ0v) is 16.7. The number of aromatic nitrogens is 6. The number of halogens is 3. The third kappa shape index (κ3) is 2.96. The highest BCUT2D eigenvalue weighted by Crippen LogP contribution is 2.42. The van der Waals surface area contributed by atoms with Gasteiger partial charge in [-0.1, -0.05) is 52.0 Å². The largest absolute Gasteiger partial charge is 0.318 e. The average molecular weight is 447 g/mol. The zero-order valence-electron chi connectivity index (χ0n) is 14.4. The van der Waals surface area contributed by atoms with Crippen molar-refractivity contribution in [1.82, 2.24) is 30.4 Å². The predicted octanol–water partition coefficient (Wildman–Crippen LogP) is 4.08. The number of hydrogen-bond acceptors (Lipinski definition) is 6. The smallest absolute Gasteiger partial charge is 0.288 e. The summed E-state index contributed by atoms with van der Waals surface area (Å²) in [5.74, 6) is 0.335. The summed E-state index contributed by atoms with van der Waals surface area (Å²) in [6.45, 7) is 0. The molecular formula is C18H10Cl3N7O. The summed E-state index contributed by atoms with van der Waals surface area (Å²) in [5, 5.41) is 23.1. The third-order valence-electron chi connectivity index (χ3n) is 4.64. The summed E-state index contributed by atoms with van der Waals surface area (Å²) >= 11 is 18.5. The van der Waals surface area contributed by atoms with Gasteiger partial charge >= 0.3 is 0 Å². The third-order valence-corrected chi connectivity index (χ3v) is 5.44. The SMILES string of the molecule is O=c1[nH]nc(-c2ccc(Cl)cc2Cl)c2c1Nc1nnnn1[C@H]2c1ccc(Cl)cc1. The highest BCUT2D eigenvalue weighted by molar-refractivity contribution is 6.36. The molecule has 3 heterocycles. The molecule has 29 heavy (non-hydrogen) atoms. The molecule has 1 aliphatic rings. The molecule has 5 rings (SSSR count). The molecule has 1 aliphatic heterocycles. The van der Waals surface area contributed by atoms with Gasteiger partial charge in [0.25, 0.3) is 5.56 Å². The van der Waals surface area contributed by atoms with Gasteiger partial charge < -0.3 is 5.32 Å². The molecule has 0 bridgehead atoms. The van der Waals surface area contributed by atoms with Crippen molar-refractivity contribution >= 4 is 46.4 Å². The van der Waals surface area contributed by atoms with Gasteiger partial charge in [0, 0.05) is 21.2 Å². The van der Waals surface area contributed by atoms with Crippen LogP contribution in [0, 0.1) is 0 Å². The molecule has 0 unspecified atom stereocenters. The highest BCUT2D eigenvalue weighted by Gasteiger charge is 2.34. The van der Waals surface area contributed by atoms with E-state index in [9.17, 15) is 4.79 Å². The molecule has 4 aromatic rings. The lowest BCUT2D eigenvalue weighted by atomic mass is 9.92. The minimum absolute atomic E-state index is 0.295. The van der Waals surface area contributed by atoms with Crippen LogP contribution in [0.4, 0.5) is 11.6 Å². The summed E-state index contributed by atoms with van der Waals surface area (Å²) in [6.07, 6.45) is 0. The summed E-state index contributed by atoms with van der Waals surface area (Å²) in [7, 11) is 0. The van der Waals surface area contributed by atoms with Gasteiger partial charge in [-0.05, 0) is 46.3 Å². The number of anilines is 2. The van der Waals surface area contributed by atoms with Crippen LogP contribution in [0.1, 0.15) is 17.2 Å². The summed E-state index contributed by atoms with van der Waals surface area (Å²) < 4.78 is 1.58. The molecule has 0 fully saturated rings. The van der Waals surface area contributed by atoms with Crippen LogP contribution in [-0.4, -0.2) is 30.4 Å². The monoisotopic (exact) mass is 445 g/mol. The van der Waals surface area contributed by atoms with Crippen molar-refractivity contribution in [3.63, 3.8) is 0 Å². The molecular weight excluding hydrogens is 437 g/mol. The van der Waals surface area contributed by atoms with E-state index in [1.807, 2.05) is 12.1 Å². The van der Waals surface area contributed by atoms with Crippen molar-refractivity contribution in [2.75, 3.05) is 5.32 Å². The van der Waals surface area contributed by atoms with E-state index >= 15 is 0 Å². The number of fused-ring (bicyclic) bond motifs is 2. The van der Waals surface area contributed by atoms with Crippen molar-refractivity contribution in [2.24, 2.45) is 0 Å². The summed E-state index contributed by atoms with van der Waals surface area (Å²) in [4.78, 5) is 12.6. The number of aromatic amines is 1. The van der Waals surface area contributed by atoms with E-state index in [-0.39, 0.29) is 0 Å². The first-order chi connectivity index (χ1) is 14.0. The molecule has 0 radical (unpaired) electrons. The Morgan fingerprint density at radius 1 is 1.00 bits per heavy atom. The minimum Gasteiger partial charge on any atom is -0.318 e. The fraction of sp³-hybridized carbons (Fsp3) is 0.0556. The van der Waals surface area contributed by atoms with Crippen LogP contribution >= 0.6 is 34.8 Å². The van der Waals surface area contributed by atoms with E-state index in [2.05, 4.69) is 31.0 Å². The Kier molecular flexibility index (Phi) is 4.27. The van der Waals surface area contributed by atoms with E-state index in [4.69, 9.17) is 34.8 Å². The lowest BCUT2D eigenvalue weighted by Gasteiger charge is -2.28. The second-order valence-corrected chi connectivity index (χ2v) is 7.62. The van der Waals surface area contributed by atoms with Gasteiger partial charge in [-0.3, -0.25) is 4.79 Å². The molecule has 0 saturated heterocycles. The number of benzene rings is 2. The fourth-order valence-corrected chi connectivity index (χ4v) is 4.00. The Hall–Kier alpha value is -2.94. The number of nitrogens with zero attached hydrogens (tertiary/aromatic N) is 5. The topological polar surface area (TPSA) is 101 Å². The first-order valence-corrected chi connectivity index (χ1v) is 9.54. The molecule has 0 spiro atoms. The van der Waals surface area contributed by atoms with Gasteiger partial charge in [-0.25, -0.2) is 5.10 Å². The van der Waals surface area contributed by atoms with Crippen LogP contribution in [0.15, 0.2) is 47.3 Å². The van der Waals surface area contributed by atoms with Gasteiger partial charge in [0.05, 0.1) is 5.02 Å². The van der Waals surface area contributed by atoms with Crippen molar-refractivity contribution in [2.45, 2.75) is 6.04 Å². The summed E-state index contributed by atoms with van der Waals surface area (Å²) in [5.41, 5.74) is 2.39. The second-order valence-electron chi connectivity index (χ2n) is 6.34. The maximum absolute atomic E-state index is 12.6. The van der Waals surface area contributed by atoms with Crippen LogP contribution in [0.3, 0.4) is 0 Å². The van der Waals surface area contributed by atoms with Crippen LogP contribution in [-0.2, 0) is 0 Å². The summed E-state index contributed by atoms with van der Waals surface area (Å²) in [6, 6.07) is 11.8. The molecule has 144 valence electrons. The molecule has 0 amide bonds. The Morgan fingerprint density at radius 3 is 2.52 bits per heavy atom. The lowest BCUT2D eigenvalue weighted by molar-refractivity contribution is 0.567. The molecule has 2 N–H and O–H groups in total. The molecule has 11 heteroatoms. The van der Waals surface area contributed by atoms with Gasteiger partial charge in [-0.2, -0.15) is 9.78 Å². The number of tetrazole rings is 1. The van der Waals surface area contributed by atoms with Crippen LogP contribution in [0.2, 0.25) is 15.1 Å². The van der Waals surface area contributed by atoms with Crippen molar-refractivity contribution < 1.29 is 0 Å². The Bertz CT molecular complexity index is 1300. The minimum atomic E-state index is -0.523. The average Bonchev–Trinajstić information content (AvgIpc) is 3.17. The number of hydrogen-bond donors (Lipinski definition) is 2. The van der Waals surface area contributed by atoms with E-state index in [1.165, 1.54) is 0 Å². The molecule has 0 aliphatic carbocycles. The van der Waals surface area contributed by atoms with Gasteiger partial charge in [0.1, 0.15) is 17.4 Å². The normalized spacial score (nSPS) is 14.8. The molecule has 0 saturated carbocycles. The molecule has 8 nitrogen and oxygen atoms in total. The van der Waals surface area contributed by atoms with Crippen LogP contribution in [0.25, 0.3) is 11.3 Å². The fourth-order valence-electron chi connectivity index (χ4n) is 3.38. The first-order valence-electron chi connectivity index (χ1n) is 8.41. The predicted molar refractivity (Wildman–Crippen MR) is 110 cm³/mol. The number of H-pyrrole nitrogens is 1. The Labute approximate surface area is 178 Å².